The largest absolute Gasteiger partial charge is 0.493 e. The van der Waals surface area contributed by atoms with E-state index in [-0.39, 0.29) is 29.5 Å². The lowest BCUT2D eigenvalue weighted by Crippen LogP contribution is -2.22. The number of carbonyl (C=O) groups excluding carboxylic acids is 1. The Morgan fingerprint density at radius 2 is 2.03 bits per heavy atom. The van der Waals surface area contributed by atoms with Crippen molar-refractivity contribution in [2.45, 2.75) is 39.2 Å². The summed E-state index contributed by atoms with van der Waals surface area (Å²) >= 11 is 0. The molecule has 0 aromatic heterocycles. The molecule has 3 atom stereocenters. The van der Waals surface area contributed by atoms with E-state index in [1.165, 1.54) is 25.0 Å². The van der Waals surface area contributed by atoms with Gasteiger partial charge in [0.2, 0.25) is 5.91 Å². The van der Waals surface area contributed by atoms with Gasteiger partial charge in [0, 0.05) is 18.1 Å². The van der Waals surface area contributed by atoms with Gasteiger partial charge in [0.1, 0.15) is 6.61 Å². The Balaban J connectivity index is 1.33. The van der Waals surface area contributed by atoms with Crippen molar-refractivity contribution < 1.29 is 19.2 Å². The van der Waals surface area contributed by atoms with Gasteiger partial charge in [-0.2, -0.15) is 5.10 Å². The van der Waals surface area contributed by atoms with E-state index in [9.17, 15) is 14.9 Å². The van der Waals surface area contributed by atoms with Gasteiger partial charge in [-0.3, -0.25) is 14.9 Å². The van der Waals surface area contributed by atoms with Gasteiger partial charge in [0.05, 0.1) is 18.2 Å². The van der Waals surface area contributed by atoms with Crippen LogP contribution >= 0.6 is 0 Å². The Bertz CT molecular complexity index is 1040. The number of hydrogen-bond acceptors (Lipinski definition) is 6. The molecule has 8 heteroatoms. The summed E-state index contributed by atoms with van der Waals surface area (Å²) < 4.78 is 11.2. The van der Waals surface area contributed by atoms with Gasteiger partial charge in [0.25, 0.3) is 5.69 Å². The molecule has 2 aromatic rings. The number of methoxy groups -OCH3 is 1. The molecule has 32 heavy (non-hydrogen) atoms. The zero-order valence-corrected chi connectivity index (χ0v) is 18.2. The van der Waals surface area contributed by atoms with E-state index in [2.05, 4.69) is 17.5 Å². The van der Waals surface area contributed by atoms with Crippen LogP contribution in [0.25, 0.3) is 0 Å². The van der Waals surface area contributed by atoms with Crippen molar-refractivity contribution in [1.29, 1.82) is 0 Å². The highest BCUT2D eigenvalue weighted by Crippen LogP contribution is 2.66. The van der Waals surface area contributed by atoms with Crippen molar-refractivity contribution in [3.8, 4) is 11.5 Å². The summed E-state index contributed by atoms with van der Waals surface area (Å²) in [6, 6.07) is 11.6. The van der Waals surface area contributed by atoms with Crippen molar-refractivity contribution in [1.82, 2.24) is 5.43 Å². The summed E-state index contributed by atoms with van der Waals surface area (Å²) in [7, 11) is 1.55. The minimum atomic E-state index is -0.436. The van der Waals surface area contributed by atoms with Crippen molar-refractivity contribution in [2.75, 3.05) is 7.11 Å². The third-order valence-electron chi connectivity index (χ3n) is 6.73. The van der Waals surface area contributed by atoms with E-state index in [0.717, 1.165) is 24.0 Å². The summed E-state index contributed by atoms with van der Waals surface area (Å²) in [6.45, 7) is 2.46. The van der Waals surface area contributed by atoms with Gasteiger partial charge in [-0.1, -0.05) is 19.8 Å². The fourth-order valence-electron chi connectivity index (χ4n) is 4.85. The second-order valence-electron chi connectivity index (χ2n) is 8.69. The molecule has 1 N–H and O–H groups in total. The highest BCUT2D eigenvalue weighted by atomic mass is 16.6. The van der Waals surface area contributed by atoms with Crippen molar-refractivity contribution in [3.05, 3.63) is 63.7 Å². The number of benzene rings is 2. The maximum absolute atomic E-state index is 12.5. The summed E-state index contributed by atoms with van der Waals surface area (Å²) in [5, 5.41) is 14.9. The highest BCUT2D eigenvalue weighted by molar-refractivity contribution is 5.86. The molecule has 0 heterocycles. The van der Waals surface area contributed by atoms with Crippen LogP contribution in [-0.4, -0.2) is 24.2 Å². The Morgan fingerprint density at radius 3 is 2.69 bits per heavy atom. The van der Waals surface area contributed by atoms with Gasteiger partial charge < -0.3 is 9.47 Å². The van der Waals surface area contributed by atoms with Gasteiger partial charge in [0.15, 0.2) is 11.5 Å². The summed E-state index contributed by atoms with van der Waals surface area (Å²) in [4.78, 5) is 22.8. The second-order valence-corrected chi connectivity index (χ2v) is 8.69. The first kappa shape index (κ1) is 21.8. The quantitative estimate of drug-likeness (QED) is 0.373. The van der Waals surface area contributed by atoms with Crippen LogP contribution in [0.4, 0.5) is 5.69 Å². The molecule has 0 saturated heterocycles. The summed E-state index contributed by atoms with van der Waals surface area (Å²) in [6.07, 6.45) is 6.27. The molecule has 2 fully saturated rings. The first-order chi connectivity index (χ1) is 15.4. The van der Waals surface area contributed by atoms with E-state index in [1.54, 1.807) is 37.6 Å². The molecule has 0 aliphatic heterocycles. The molecule has 2 aliphatic carbocycles. The van der Waals surface area contributed by atoms with Crippen LogP contribution in [0.2, 0.25) is 0 Å². The lowest BCUT2D eigenvalue weighted by molar-refractivity contribution is -0.384. The Labute approximate surface area is 186 Å². The number of amides is 1. The number of nitrogens with zero attached hydrogens (tertiary/aromatic N) is 2. The van der Waals surface area contributed by atoms with Gasteiger partial charge >= 0.3 is 0 Å². The molecular weight excluding hydrogens is 410 g/mol. The first-order valence-corrected chi connectivity index (χ1v) is 10.8. The number of hydrazone groups is 1. The number of ether oxygens (including phenoxy) is 2. The van der Waals surface area contributed by atoms with Crippen molar-refractivity contribution >= 4 is 17.8 Å². The van der Waals surface area contributed by atoms with E-state index in [4.69, 9.17) is 9.47 Å². The molecule has 168 valence electrons. The van der Waals surface area contributed by atoms with Crippen LogP contribution in [0.3, 0.4) is 0 Å². The first-order valence-electron chi connectivity index (χ1n) is 10.8. The van der Waals surface area contributed by atoms with Gasteiger partial charge in [-0.05, 0) is 65.6 Å². The molecule has 0 bridgehead atoms. The molecule has 2 aromatic carbocycles. The minimum Gasteiger partial charge on any atom is -0.493 e. The molecule has 1 amide bonds. The van der Waals surface area contributed by atoms with Crippen LogP contribution in [-0.2, 0) is 11.4 Å². The molecule has 0 radical (unpaired) electrons. The zero-order chi connectivity index (χ0) is 22.7. The SMILES string of the molecule is COc1cc(/C=N\NC(=O)C2C3CCCCC32C)ccc1OCc1ccc([N+](=O)[O-])cc1. The van der Waals surface area contributed by atoms with E-state index in [0.29, 0.717) is 17.4 Å². The third kappa shape index (κ3) is 4.44. The predicted molar refractivity (Wildman–Crippen MR) is 120 cm³/mol. The topological polar surface area (TPSA) is 103 Å². The van der Waals surface area contributed by atoms with E-state index >= 15 is 0 Å². The zero-order valence-electron chi connectivity index (χ0n) is 18.2. The standard InChI is InChI=1S/C24H27N3O5/c1-24-12-4-3-5-19(24)22(24)23(28)26-25-14-17-8-11-20(21(13-17)31-2)32-15-16-6-9-18(10-7-16)27(29)30/h6-11,13-14,19,22H,3-5,12,15H2,1-2H3,(H,26,28)/b25-14-. The Kier molecular flexibility index (Phi) is 6.12. The number of nitro benzene ring substituents is 1. The normalized spacial score (nSPS) is 23.9. The lowest BCUT2D eigenvalue weighted by atomic mass is 9.90. The maximum atomic E-state index is 12.5. The van der Waals surface area contributed by atoms with Crippen molar-refractivity contribution in [2.24, 2.45) is 22.4 Å². The molecular formula is C24H27N3O5. The Morgan fingerprint density at radius 1 is 1.25 bits per heavy atom. The average molecular weight is 437 g/mol. The number of fused-ring (bicyclic) bond motifs is 1. The smallest absolute Gasteiger partial charge is 0.269 e. The number of nitro groups is 1. The predicted octanol–water partition coefficient (Wildman–Crippen LogP) is 4.46. The second kappa shape index (κ2) is 8.98. The van der Waals surface area contributed by atoms with Gasteiger partial charge in [-0.25, -0.2) is 5.43 Å². The molecule has 3 unspecified atom stereocenters. The highest BCUT2D eigenvalue weighted by Gasteiger charge is 2.64. The summed E-state index contributed by atoms with van der Waals surface area (Å²) in [5.74, 6) is 1.65. The Hall–Kier alpha value is -3.42. The average Bonchev–Trinajstić information content (AvgIpc) is 3.43. The maximum Gasteiger partial charge on any atom is 0.269 e. The fraction of sp³-hybridized carbons (Fsp3) is 0.417. The van der Waals surface area contributed by atoms with Crippen LogP contribution in [0.1, 0.15) is 43.7 Å². The molecule has 2 saturated carbocycles. The summed E-state index contributed by atoms with van der Waals surface area (Å²) in [5.41, 5.74) is 4.47. The number of nitrogens with one attached hydrogen (secondary N) is 1. The van der Waals surface area contributed by atoms with Crippen LogP contribution in [0.15, 0.2) is 47.6 Å². The number of non-ortho nitro benzene ring substituents is 1. The van der Waals surface area contributed by atoms with E-state index < -0.39 is 4.92 Å². The van der Waals surface area contributed by atoms with Crippen LogP contribution < -0.4 is 14.9 Å². The van der Waals surface area contributed by atoms with Crippen LogP contribution in [0, 0.1) is 27.4 Å². The fourth-order valence-corrected chi connectivity index (χ4v) is 4.85. The molecule has 8 nitrogen and oxygen atoms in total. The monoisotopic (exact) mass is 437 g/mol. The number of hydrogen-bond donors (Lipinski definition) is 1. The van der Waals surface area contributed by atoms with E-state index in [1.807, 2.05) is 6.07 Å². The molecule has 2 aliphatic rings. The number of rotatable bonds is 8. The third-order valence-corrected chi connectivity index (χ3v) is 6.73. The van der Waals surface area contributed by atoms with Crippen LogP contribution in [0.5, 0.6) is 11.5 Å². The number of carbonyl (C=O) groups is 1. The minimum absolute atomic E-state index is 0.00525. The molecule has 0 spiro atoms. The van der Waals surface area contributed by atoms with Crippen molar-refractivity contribution in [3.63, 3.8) is 0 Å². The lowest BCUT2D eigenvalue weighted by Gasteiger charge is -2.15. The van der Waals surface area contributed by atoms with Gasteiger partial charge in [-0.15, -0.1) is 0 Å². The molecule has 4 rings (SSSR count).